The van der Waals surface area contributed by atoms with Crippen LogP contribution in [0.25, 0.3) is 0 Å². The van der Waals surface area contributed by atoms with Crippen LogP contribution in [0.1, 0.15) is 24.6 Å². The number of anilines is 1. The highest BCUT2D eigenvalue weighted by molar-refractivity contribution is 7.13. The summed E-state index contributed by atoms with van der Waals surface area (Å²) in [5.41, 5.74) is 1.05. The minimum Gasteiger partial charge on any atom is -0.273 e. The topological polar surface area (TPSA) is 36.4 Å². The fraction of sp³-hybridized carbons (Fsp3) is 0.333. The first kappa shape index (κ1) is 13.2. The minimum atomic E-state index is -0.0881. The molecule has 0 radical (unpaired) electrons. The van der Waals surface area contributed by atoms with Crippen molar-refractivity contribution in [2.45, 2.75) is 25.0 Å². The Bertz CT molecular complexity index is 675. The Morgan fingerprint density at radius 1 is 1.38 bits per heavy atom. The Morgan fingerprint density at radius 3 is 3.05 bits per heavy atom. The quantitative estimate of drug-likeness (QED) is 0.852. The molecular weight excluding hydrogens is 306 g/mol. The fourth-order valence-electron chi connectivity index (χ4n) is 3.32. The molecule has 108 valence electrons. The smallest absolute Gasteiger partial charge is 0.247 e. The largest absolute Gasteiger partial charge is 0.273 e. The third-order valence-electron chi connectivity index (χ3n) is 4.15. The lowest BCUT2D eigenvalue weighted by molar-refractivity contribution is -0.119. The summed E-state index contributed by atoms with van der Waals surface area (Å²) in [4.78, 5) is 21.2. The molecule has 0 saturated carbocycles. The normalized spacial score (nSPS) is 25.6. The number of carbonyl (C=O) groups excluding carboxylic acids is 1. The van der Waals surface area contributed by atoms with Crippen molar-refractivity contribution in [3.63, 3.8) is 0 Å². The second kappa shape index (κ2) is 5.09. The SMILES string of the molecule is O=C1[C@@H]2CCCN2[C@@H](c2cccc(Cl)c2)N1c1nccs1. The third-order valence-corrected chi connectivity index (χ3v) is 5.15. The molecule has 0 N–H and O–H groups in total. The van der Waals surface area contributed by atoms with E-state index in [2.05, 4.69) is 9.88 Å². The number of hydrogen-bond donors (Lipinski definition) is 0. The molecule has 4 nitrogen and oxygen atoms in total. The number of rotatable bonds is 2. The predicted octanol–water partition coefficient (Wildman–Crippen LogP) is 3.31. The molecule has 2 aliphatic rings. The van der Waals surface area contributed by atoms with Crippen LogP contribution in [-0.4, -0.2) is 28.4 Å². The van der Waals surface area contributed by atoms with Gasteiger partial charge in [0.05, 0.1) is 6.04 Å². The molecule has 0 bridgehead atoms. The molecule has 0 unspecified atom stereocenters. The summed E-state index contributed by atoms with van der Waals surface area (Å²) in [6.45, 7) is 0.940. The van der Waals surface area contributed by atoms with Crippen LogP contribution in [0, 0.1) is 0 Å². The fourth-order valence-corrected chi connectivity index (χ4v) is 4.19. The van der Waals surface area contributed by atoms with Gasteiger partial charge in [-0.15, -0.1) is 11.3 Å². The Hall–Kier alpha value is -1.43. The minimum absolute atomic E-state index is 0.0159. The average Bonchev–Trinajstić information content (AvgIpc) is 3.17. The Balaban J connectivity index is 1.82. The van der Waals surface area contributed by atoms with Gasteiger partial charge in [-0.1, -0.05) is 23.7 Å². The molecule has 2 aliphatic heterocycles. The maximum Gasteiger partial charge on any atom is 0.247 e. The summed E-state index contributed by atoms with van der Waals surface area (Å²) in [6, 6.07) is 7.76. The van der Waals surface area contributed by atoms with Gasteiger partial charge < -0.3 is 0 Å². The van der Waals surface area contributed by atoms with E-state index in [0.29, 0.717) is 5.02 Å². The van der Waals surface area contributed by atoms with E-state index >= 15 is 0 Å². The van der Waals surface area contributed by atoms with Gasteiger partial charge in [0.15, 0.2) is 5.13 Å². The zero-order valence-corrected chi connectivity index (χ0v) is 12.8. The summed E-state index contributed by atoms with van der Waals surface area (Å²) in [5.74, 6) is 0.160. The number of fused-ring (bicyclic) bond motifs is 1. The molecule has 2 saturated heterocycles. The number of nitrogens with zero attached hydrogens (tertiary/aromatic N) is 3. The molecular formula is C15H14ClN3OS. The van der Waals surface area contributed by atoms with Gasteiger partial charge in [-0.25, -0.2) is 4.98 Å². The first-order valence-corrected chi connectivity index (χ1v) is 8.25. The van der Waals surface area contributed by atoms with Crippen LogP contribution in [0.5, 0.6) is 0 Å². The number of hydrogen-bond acceptors (Lipinski definition) is 4. The van der Waals surface area contributed by atoms with Crippen LogP contribution >= 0.6 is 22.9 Å². The summed E-state index contributed by atoms with van der Waals surface area (Å²) in [5, 5.41) is 3.36. The van der Waals surface area contributed by atoms with E-state index < -0.39 is 0 Å². The molecule has 4 rings (SSSR count). The van der Waals surface area contributed by atoms with Crippen LogP contribution < -0.4 is 4.90 Å². The van der Waals surface area contributed by atoms with Gasteiger partial charge in [-0.2, -0.15) is 0 Å². The Morgan fingerprint density at radius 2 is 2.29 bits per heavy atom. The van der Waals surface area contributed by atoms with Gasteiger partial charge in [0.2, 0.25) is 5.91 Å². The van der Waals surface area contributed by atoms with E-state index in [1.54, 1.807) is 6.20 Å². The predicted molar refractivity (Wildman–Crippen MR) is 83.5 cm³/mol. The molecule has 2 fully saturated rings. The molecule has 1 amide bonds. The second-order valence-electron chi connectivity index (χ2n) is 5.35. The number of thiazole rings is 1. The van der Waals surface area contributed by atoms with Gasteiger partial charge in [0.25, 0.3) is 0 Å². The van der Waals surface area contributed by atoms with Gasteiger partial charge >= 0.3 is 0 Å². The van der Waals surface area contributed by atoms with Crippen molar-refractivity contribution < 1.29 is 4.79 Å². The Kier molecular flexibility index (Phi) is 3.21. The highest BCUT2D eigenvalue weighted by Gasteiger charge is 2.50. The summed E-state index contributed by atoms with van der Waals surface area (Å²) in [6.07, 6.45) is 3.65. The first-order valence-electron chi connectivity index (χ1n) is 6.99. The van der Waals surface area contributed by atoms with Crippen molar-refractivity contribution in [1.29, 1.82) is 0 Å². The van der Waals surface area contributed by atoms with E-state index in [0.717, 1.165) is 30.1 Å². The van der Waals surface area contributed by atoms with E-state index in [1.807, 2.05) is 34.5 Å². The zero-order valence-electron chi connectivity index (χ0n) is 11.3. The molecule has 1 aromatic heterocycles. The lowest BCUT2D eigenvalue weighted by Crippen LogP contribution is -2.32. The van der Waals surface area contributed by atoms with Crippen molar-refractivity contribution >= 4 is 34.0 Å². The van der Waals surface area contributed by atoms with E-state index in [-0.39, 0.29) is 18.1 Å². The number of aromatic nitrogens is 1. The highest BCUT2D eigenvalue weighted by Crippen LogP contribution is 2.43. The van der Waals surface area contributed by atoms with Crippen LogP contribution in [0.4, 0.5) is 5.13 Å². The number of amides is 1. The monoisotopic (exact) mass is 319 g/mol. The van der Waals surface area contributed by atoms with E-state index in [9.17, 15) is 4.79 Å². The third kappa shape index (κ3) is 2.08. The molecule has 0 spiro atoms. The lowest BCUT2D eigenvalue weighted by atomic mass is 10.1. The summed E-state index contributed by atoms with van der Waals surface area (Å²) in [7, 11) is 0. The Labute approximate surface area is 132 Å². The van der Waals surface area contributed by atoms with E-state index in [1.165, 1.54) is 11.3 Å². The second-order valence-corrected chi connectivity index (χ2v) is 6.66. The number of carbonyl (C=O) groups is 1. The molecule has 2 aromatic rings. The maximum absolute atomic E-state index is 12.8. The van der Waals surface area contributed by atoms with Crippen LogP contribution in [0.3, 0.4) is 0 Å². The van der Waals surface area contributed by atoms with Crippen LogP contribution in [0.2, 0.25) is 5.02 Å². The molecule has 0 aliphatic carbocycles. The molecule has 3 heterocycles. The van der Waals surface area contributed by atoms with Gasteiger partial charge in [0.1, 0.15) is 6.17 Å². The van der Waals surface area contributed by atoms with Gasteiger partial charge in [-0.3, -0.25) is 14.6 Å². The maximum atomic E-state index is 12.8. The van der Waals surface area contributed by atoms with Crippen molar-refractivity contribution in [2.75, 3.05) is 11.4 Å². The van der Waals surface area contributed by atoms with Crippen LogP contribution in [0.15, 0.2) is 35.8 Å². The van der Waals surface area contributed by atoms with Crippen molar-refractivity contribution in [3.8, 4) is 0 Å². The molecule has 1 aromatic carbocycles. The van der Waals surface area contributed by atoms with Crippen molar-refractivity contribution in [3.05, 3.63) is 46.4 Å². The van der Waals surface area contributed by atoms with E-state index in [4.69, 9.17) is 11.6 Å². The van der Waals surface area contributed by atoms with Gasteiger partial charge in [0, 0.05) is 23.1 Å². The molecule has 6 heteroatoms. The van der Waals surface area contributed by atoms with Crippen LogP contribution in [-0.2, 0) is 4.79 Å². The van der Waals surface area contributed by atoms with Crippen molar-refractivity contribution in [2.24, 2.45) is 0 Å². The standard InChI is InChI=1S/C15H14ClN3OS/c16-11-4-1-3-10(9-11)13-18-7-2-5-12(18)14(20)19(13)15-17-6-8-21-15/h1,3-4,6,8-9,12-13H,2,5,7H2/t12-,13+/m0/s1. The van der Waals surface area contributed by atoms with Crippen molar-refractivity contribution in [1.82, 2.24) is 9.88 Å². The summed E-state index contributed by atoms with van der Waals surface area (Å²) >= 11 is 7.64. The summed E-state index contributed by atoms with van der Waals surface area (Å²) < 4.78 is 0. The number of halogens is 1. The van der Waals surface area contributed by atoms with Gasteiger partial charge in [-0.05, 0) is 30.5 Å². The number of benzene rings is 1. The highest BCUT2D eigenvalue weighted by atomic mass is 35.5. The zero-order chi connectivity index (χ0) is 14.4. The first-order chi connectivity index (χ1) is 10.3. The average molecular weight is 320 g/mol. The molecule has 21 heavy (non-hydrogen) atoms. The lowest BCUT2D eigenvalue weighted by Gasteiger charge is -2.28. The molecule has 2 atom stereocenters.